The average Bonchev–Trinajstić information content (AvgIpc) is 2.16. The largest absolute Gasteiger partial charge is 0.299 e. The Labute approximate surface area is 74.6 Å². The van der Waals surface area contributed by atoms with Gasteiger partial charge in [-0.1, -0.05) is 18.9 Å². The molecule has 0 aromatic rings. The summed E-state index contributed by atoms with van der Waals surface area (Å²) in [5.41, 5.74) is 0. The minimum atomic E-state index is 0.182. The van der Waals surface area contributed by atoms with Crippen molar-refractivity contribution in [2.24, 2.45) is 0 Å². The number of piperazine rings is 1. The first-order valence-electron chi connectivity index (χ1n) is 4.37. The topological polar surface area (TPSA) is 15.3 Å². The van der Waals surface area contributed by atoms with Crippen molar-refractivity contribution < 1.29 is 0 Å². The quantitative estimate of drug-likeness (QED) is 0.471. The molecule has 0 aromatic carbocycles. The van der Waals surface area contributed by atoms with E-state index >= 15 is 0 Å². The van der Waals surface area contributed by atoms with Crippen LogP contribution in [-0.2, 0) is 0 Å². The maximum absolute atomic E-state index is 5.36. The van der Waals surface area contributed by atoms with E-state index in [9.17, 15) is 0 Å². The smallest absolute Gasteiger partial charge is 0.0820 e. The van der Waals surface area contributed by atoms with Crippen molar-refractivity contribution in [3.05, 3.63) is 12.7 Å². The van der Waals surface area contributed by atoms with Crippen LogP contribution in [0.15, 0.2) is 12.7 Å². The zero-order valence-electron chi connectivity index (χ0n) is 7.59. The van der Waals surface area contributed by atoms with E-state index in [1.165, 1.54) is 0 Å². The fourth-order valence-corrected chi connectivity index (χ4v) is 1.48. The molecule has 1 fully saturated rings. The maximum atomic E-state index is 5.36. The predicted octanol–water partition coefficient (Wildman–Crippen LogP) is 0.468. The molecule has 0 amide bonds. The van der Waals surface area contributed by atoms with Crippen molar-refractivity contribution in [1.82, 2.24) is 10.2 Å². The lowest BCUT2D eigenvalue weighted by atomic mass is 10.1. The van der Waals surface area contributed by atoms with Gasteiger partial charge in [0, 0.05) is 19.1 Å². The monoisotopic (exact) mass is 164 g/mol. The van der Waals surface area contributed by atoms with Crippen LogP contribution in [0, 0.1) is 12.3 Å². The molecule has 0 aromatic heterocycles. The molecule has 1 saturated heterocycles. The van der Waals surface area contributed by atoms with Gasteiger partial charge < -0.3 is 0 Å². The van der Waals surface area contributed by atoms with Gasteiger partial charge in [-0.15, -0.1) is 13.0 Å². The fraction of sp³-hybridized carbons (Fsp3) is 0.600. The van der Waals surface area contributed by atoms with Gasteiger partial charge in [0.15, 0.2) is 0 Å². The van der Waals surface area contributed by atoms with Crippen LogP contribution in [0.3, 0.4) is 0 Å². The van der Waals surface area contributed by atoms with Gasteiger partial charge >= 0.3 is 0 Å². The van der Waals surface area contributed by atoms with Gasteiger partial charge in [0.2, 0.25) is 0 Å². The molecule has 0 spiro atoms. The molecule has 0 saturated carbocycles. The van der Waals surface area contributed by atoms with Crippen LogP contribution in [0.5, 0.6) is 0 Å². The van der Waals surface area contributed by atoms with Crippen LogP contribution in [-0.4, -0.2) is 36.6 Å². The molecule has 1 N–H and O–H groups in total. The van der Waals surface area contributed by atoms with Crippen molar-refractivity contribution in [3.8, 4) is 12.3 Å². The molecule has 1 aliphatic rings. The number of terminal acetylenes is 1. The number of hydrogen-bond acceptors (Lipinski definition) is 2. The Morgan fingerprint density at radius 2 is 2.50 bits per heavy atom. The molecule has 0 unspecified atom stereocenters. The lowest BCUT2D eigenvalue weighted by molar-refractivity contribution is 0.206. The minimum absolute atomic E-state index is 0.182. The van der Waals surface area contributed by atoms with E-state index < -0.39 is 0 Å². The van der Waals surface area contributed by atoms with Crippen LogP contribution >= 0.6 is 0 Å². The van der Waals surface area contributed by atoms with Gasteiger partial charge in [-0.3, -0.25) is 10.2 Å². The SMILES string of the molecule is C#C[C@H]1CN(CC)C[C@@H](C=C)N1. The first-order valence-corrected chi connectivity index (χ1v) is 4.37. The molecule has 12 heavy (non-hydrogen) atoms. The zero-order chi connectivity index (χ0) is 8.97. The second-order valence-electron chi connectivity index (χ2n) is 3.08. The lowest BCUT2D eigenvalue weighted by Gasteiger charge is -2.34. The van der Waals surface area contributed by atoms with E-state index in [2.05, 4.69) is 29.6 Å². The zero-order valence-corrected chi connectivity index (χ0v) is 7.59. The van der Waals surface area contributed by atoms with Crippen molar-refractivity contribution in [2.45, 2.75) is 19.0 Å². The Morgan fingerprint density at radius 3 is 3.00 bits per heavy atom. The molecule has 0 bridgehead atoms. The van der Waals surface area contributed by atoms with Crippen molar-refractivity contribution in [3.63, 3.8) is 0 Å². The van der Waals surface area contributed by atoms with Crippen LogP contribution in [0.25, 0.3) is 0 Å². The highest BCUT2D eigenvalue weighted by molar-refractivity contribution is 5.07. The van der Waals surface area contributed by atoms with E-state index in [0.717, 1.165) is 19.6 Å². The molecular formula is C10H16N2. The number of rotatable bonds is 2. The predicted molar refractivity (Wildman–Crippen MR) is 51.9 cm³/mol. The Morgan fingerprint density at radius 1 is 1.75 bits per heavy atom. The van der Waals surface area contributed by atoms with Crippen molar-refractivity contribution in [2.75, 3.05) is 19.6 Å². The molecule has 2 atom stereocenters. The van der Waals surface area contributed by atoms with Crippen LogP contribution in [0.2, 0.25) is 0 Å². The van der Waals surface area contributed by atoms with Gasteiger partial charge in [0.05, 0.1) is 6.04 Å². The third kappa shape index (κ3) is 2.10. The van der Waals surface area contributed by atoms with Gasteiger partial charge in [0.1, 0.15) is 0 Å². The molecule has 0 radical (unpaired) electrons. The Kier molecular flexibility index (Phi) is 3.33. The summed E-state index contributed by atoms with van der Waals surface area (Å²) in [5, 5.41) is 3.32. The molecule has 2 heteroatoms. The number of hydrogen-bond donors (Lipinski definition) is 1. The normalized spacial score (nSPS) is 31.0. The summed E-state index contributed by atoms with van der Waals surface area (Å²) < 4.78 is 0. The summed E-state index contributed by atoms with van der Waals surface area (Å²) in [7, 11) is 0. The Balaban J connectivity index is 2.53. The average molecular weight is 164 g/mol. The summed E-state index contributed by atoms with van der Waals surface area (Å²) in [6, 6.07) is 0.529. The number of nitrogens with one attached hydrogen (secondary N) is 1. The summed E-state index contributed by atoms with van der Waals surface area (Å²) in [6.45, 7) is 8.96. The van der Waals surface area contributed by atoms with E-state index in [1.807, 2.05) is 6.08 Å². The Hall–Kier alpha value is -0.780. The fourth-order valence-electron chi connectivity index (χ4n) is 1.48. The summed E-state index contributed by atoms with van der Waals surface area (Å²) in [4.78, 5) is 2.34. The van der Waals surface area contributed by atoms with Crippen molar-refractivity contribution >= 4 is 0 Å². The highest BCUT2D eigenvalue weighted by atomic mass is 15.2. The maximum Gasteiger partial charge on any atom is 0.0820 e. The molecule has 66 valence electrons. The molecule has 1 rings (SSSR count). The van der Waals surface area contributed by atoms with E-state index in [0.29, 0.717) is 6.04 Å². The molecule has 1 aliphatic heterocycles. The first kappa shape index (κ1) is 9.31. The highest BCUT2D eigenvalue weighted by Gasteiger charge is 2.21. The standard InChI is InChI=1S/C10H16N2/c1-4-9-7-12(6-3)8-10(5-2)11-9/h1,5,9-11H,2,6-8H2,3H3/t9-,10+/m0/s1. The van der Waals surface area contributed by atoms with E-state index in [1.54, 1.807) is 0 Å². The molecule has 1 heterocycles. The summed E-state index contributed by atoms with van der Waals surface area (Å²) in [5.74, 6) is 2.73. The molecular weight excluding hydrogens is 148 g/mol. The lowest BCUT2D eigenvalue weighted by Crippen LogP contribution is -2.55. The summed E-state index contributed by atoms with van der Waals surface area (Å²) >= 11 is 0. The van der Waals surface area contributed by atoms with Gasteiger partial charge in [-0.05, 0) is 6.54 Å². The van der Waals surface area contributed by atoms with E-state index in [-0.39, 0.29) is 6.04 Å². The number of nitrogens with zero attached hydrogens (tertiary/aromatic N) is 1. The third-order valence-corrected chi connectivity index (χ3v) is 2.24. The van der Waals surface area contributed by atoms with Crippen LogP contribution in [0.1, 0.15) is 6.92 Å². The van der Waals surface area contributed by atoms with Gasteiger partial charge in [-0.25, -0.2) is 0 Å². The molecule has 0 aliphatic carbocycles. The minimum Gasteiger partial charge on any atom is -0.299 e. The van der Waals surface area contributed by atoms with Crippen LogP contribution < -0.4 is 5.32 Å². The van der Waals surface area contributed by atoms with E-state index in [4.69, 9.17) is 6.42 Å². The second-order valence-corrected chi connectivity index (χ2v) is 3.08. The second kappa shape index (κ2) is 4.30. The third-order valence-electron chi connectivity index (χ3n) is 2.24. The first-order chi connectivity index (χ1) is 5.80. The van der Waals surface area contributed by atoms with Crippen LogP contribution in [0.4, 0.5) is 0 Å². The Bertz CT molecular complexity index is 193. The molecule has 2 nitrogen and oxygen atoms in total. The highest BCUT2D eigenvalue weighted by Crippen LogP contribution is 2.03. The van der Waals surface area contributed by atoms with Gasteiger partial charge in [0.25, 0.3) is 0 Å². The number of likely N-dealkylation sites (N-methyl/N-ethyl adjacent to an activating group) is 1. The summed E-state index contributed by atoms with van der Waals surface area (Å²) in [6.07, 6.45) is 7.29. The van der Waals surface area contributed by atoms with Gasteiger partial charge in [-0.2, -0.15) is 0 Å². The van der Waals surface area contributed by atoms with Crippen molar-refractivity contribution in [1.29, 1.82) is 0 Å².